The van der Waals surface area contributed by atoms with Crippen LogP contribution in [0.1, 0.15) is 36.6 Å². The van der Waals surface area contributed by atoms with E-state index in [4.69, 9.17) is 4.74 Å². The van der Waals surface area contributed by atoms with Crippen molar-refractivity contribution in [2.24, 2.45) is 0 Å². The monoisotopic (exact) mass is 278 g/mol. The maximum atomic E-state index is 13.5. The number of hydrogen-bond acceptors (Lipinski definition) is 2. The molecule has 0 bridgehead atoms. The minimum absolute atomic E-state index is 0.0905. The van der Waals surface area contributed by atoms with E-state index in [0.29, 0.717) is 6.61 Å². The summed E-state index contributed by atoms with van der Waals surface area (Å²) < 4.78 is 31.9. The number of halogens is 2. The highest BCUT2D eigenvalue weighted by Crippen LogP contribution is 2.29. The number of imidazole rings is 1. The average Bonchev–Trinajstić information content (AvgIpc) is 2.80. The number of nitrogens with zero attached hydrogens (tertiary/aromatic N) is 1. The first-order valence-electron chi connectivity index (χ1n) is 6.84. The van der Waals surface area contributed by atoms with Crippen LogP contribution in [0.25, 0.3) is 0 Å². The van der Waals surface area contributed by atoms with Crippen molar-refractivity contribution in [3.05, 3.63) is 47.5 Å². The summed E-state index contributed by atoms with van der Waals surface area (Å²) in [5.41, 5.74) is 2.17. The Kier molecular flexibility index (Phi) is 3.67. The van der Waals surface area contributed by atoms with Crippen LogP contribution in [0.3, 0.4) is 0 Å². The summed E-state index contributed by atoms with van der Waals surface area (Å²) in [5, 5.41) is 0. The van der Waals surface area contributed by atoms with Gasteiger partial charge in [0.15, 0.2) is 11.6 Å². The quantitative estimate of drug-likeness (QED) is 0.871. The molecule has 1 heterocycles. The number of nitrogens with one attached hydrogen (secondary N) is 1. The summed E-state index contributed by atoms with van der Waals surface area (Å²) >= 11 is 0. The molecule has 1 aromatic carbocycles. The number of fused-ring (bicyclic) bond motifs is 1. The fourth-order valence-electron chi connectivity index (χ4n) is 2.66. The van der Waals surface area contributed by atoms with Gasteiger partial charge in [-0.15, -0.1) is 0 Å². The van der Waals surface area contributed by atoms with Gasteiger partial charge in [0, 0.05) is 17.7 Å². The van der Waals surface area contributed by atoms with E-state index < -0.39 is 11.6 Å². The molecule has 1 unspecified atom stereocenters. The number of hydrogen-bond donors (Lipinski definition) is 1. The fourth-order valence-corrected chi connectivity index (χ4v) is 2.66. The van der Waals surface area contributed by atoms with E-state index in [2.05, 4.69) is 9.97 Å². The van der Waals surface area contributed by atoms with E-state index in [1.807, 2.05) is 0 Å². The lowest BCUT2D eigenvalue weighted by Gasteiger charge is -2.15. The fraction of sp³-hybridized carbons (Fsp3) is 0.400. The van der Waals surface area contributed by atoms with Gasteiger partial charge in [-0.05, 0) is 31.4 Å². The van der Waals surface area contributed by atoms with Crippen molar-refractivity contribution in [3.63, 3.8) is 0 Å². The number of aromatic amines is 1. The molecule has 0 aliphatic heterocycles. The molecule has 2 aromatic rings. The molecule has 0 fully saturated rings. The van der Waals surface area contributed by atoms with Gasteiger partial charge in [-0.1, -0.05) is 6.42 Å². The number of aromatic nitrogens is 2. The van der Waals surface area contributed by atoms with Gasteiger partial charge in [-0.2, -0.15) is 0 Å². The molecule has 3 rings (SSSR count). The Bertz CT molecular complexity index is 597. The van der Waals surface area contributed by atoms with Gasteiger partial charge < -0.3 is 9.72 Å². The predicted octanol–water partition coefficient (Wildman–Crippen LogP) is 3.58. The Morgan fingerprint density at radius 1 is 1.30 bits per heavy atom. The van der Waals surface area contributed by atoms with Crippen LogP contribution < -0.4 is 4.74 Å². The standard InChI is InChI=1S/C15H16F2N2O/c16-11-5-6-14(12(17)7-11)20-8-10-3-1-2-4-13-15(10)19-9-18-13/h5-7,9-10H,1-4,8H2,(H,18,19). The Balaban J connectivity index is 1.72. The van der Waals surface area contributed by atoms with Crippen molar-refractivity contribution in [2.75, 3.05) is 6.61 Å². The first-order valence-corrected chi connectivity index (χ1v) is 6.84. The van der Waals surface area contributed by atoms with E-state index in [1.54, 1.807) is 6.33 Å². The van der Waals surface area contributed by atoms with Crippen LogP contribution in [0.4, 0.5) is 8.78 Å². The minimum Gasteiger partial charge on any atom is -0.490 e. The number of benzene rings is 1. The van der Waals surface area contributed by atoms with Crippen LogP contribution in [0, 0.1) is 11.6 Å². The molecule has 0 spiro atoms. The van der Waals surface area contributed by atoms with E-state index in [0.717, 1.165) is 43.1 Å². The molecule has 0 amide bonds. The number of H-pyrrole nitrogens is 1. The molecule has 1 aliphatic rings. The molecule has 20 heavy (non-hydrogen) atoms. The van der Waals surface area contributed by atoms with E-state index in [1.165, 1.54) is 12.1 Å². The maximum Gasteiger partial charge on any atom is 0.167 e. The van der Waals surface area contributed by atoms with Crippen LogP contribution in [0.15, 0.2) is 24.5 Å². The topological polar surface area (TPSA) is 37.9 Å². The number of aryl methyl sites for hydroxylation is 1. The van der Waals surface area contributed by atoms with Crippen molar-refractivity contribution < 1.29 is 13.5 Å². The van der Waals surface area contributed by atoms with Gasteiger partial charge >= 0.3 is 0 Å². The van der Waals surface area contributed by atoms with Crippen molar-refractivity contribution in [1.29, 1.82) is 0 Å². The largest absolute Gasteiger partial charge is 0.490 e. The lowest BCUT2D eigenvalue weighted by atomic mass is 10.0. The molecule has 1 atom stereocenters. The molecule has 1 N–H and O–H groups in total. The summed E-state index contributed by atoms with van der Waals surface area (Å²) in [6, 6.07) is 3.36. The highest BCUT2D eigenvalue weighted by atomic mass is 19.1. The van der Waals surface area contributed by atoms with Gasteiger partial charge in [0.2, 0.25) is 0 Å². The lowest BCUT2D eigenvalue weighted by Crippen LogP contribution is -2.12. The maximum absolute atomic E-state index is 13.5. The highest BCUT2D eigenvalue weighted by Gasteiger charge is 2.22. The van der Waals surface area contributed by atoms with Crippen molar-refractivity contribution >= 4 is 0 Å². The first kappa shape index (κ1) is 13.1. The van der Waals surface area contributed by atoms with Crippen molar-refractivity contribution in [1.82, 2.24) is 9.97 Å². The van der Waals surface area contributed by atoms with Crippen molar-refractivity contribution in [3.8, 4) is 5.75 Å². The second kappa shape index (κ2) is 5.61. The lowest BCUT2D eigenvalue weighted by molar-refractivity contribution is 0.266. The SMILES string of the molecule is Fc1ccc(OCC2CCCCc3[nH]cnc32)c(F)c1. The summed E-state index contributed by atoms with van der Waals surface area (Å²) in [6.07, 6.45) is 5.89. The molecular formula is C15H16F2N2O. The molecule has 3 nitrogen and oxygen atoms in total. The Morgan fingerprint density at radius 3 is 3.05 bits per heavy atom. The third-order valence-electron chi connectivity index (χ3n) is 3.70. The Morgan fingerprint density at radius 2 is 2.20 bits per heavy atom. The zero-order valence-electron chi connectivity index (χ0n) is 11.0. The number of rotatable bonds is 3. The zero-order chi connectivity index (χ0) is 13.9. The normalized spacial score (nSPS) is 18.4. The second-order valence-electron chi connectivity index (χ2n) is 5.09. The van der Waals surface area contributed by atoms with Crippen LogP contribution >= 0.6 is 0 Å². The van der Waals surface area contributed by atoms with Crippen molar-refractivity contribution in [2.45, 2.75) is 31.6 Å². The van der Waals surface area contributed by atoms with Crippen LogP contribution in [-0.2, 0) is 6.42 Å². The van der Waals surface area contributed by atoms with Gasteiger partial charge in [0.1, 0.15) is 5.82 Å². The molecule has 1 aromatic heterocycles. The summed E-state index contributed by atoms with van der Waals surface area (Å²) in [4.78, 5) is 7.51. The van der Waals surface area contributed by atoms with Gasteiger partial charge in [0.05, 0.1) is 18.6 Å². The molecule has 0 saturated heterocycles. The van der Waals surface area contributed by atoms with Crippen LogP contribution in [-0.4, -0.2) is 16.6 Å². The Labute approximate surface area is 116 Å². The van der Waals surface area contributed by atoms with E-state index >= 15 is 0 Å². The smallest absolute Gasteiger partial charge is 0.167 e. The minimum atomic E-state index is -0.666. The molecule has 0 radical (unpaired) electrons. The van der Waals surface area contributed by atoms with E-state index in [-0.39, 0.29) is 11.7 Å². The third-order valence-corrected chi connectivity index (χ3v) is 3.70. The highest BCUT2D eigenvalue weighted by molar-refractivity contribution is 5.25. The zero-order valence-corrected chi connectivity index (χ0v) is 11.0. The van der Waals surface area contributed by atoms with Gasteiger partial charge in [-0.3, -0.25) is 0 Å². The Hall–Kier alpha value is -1.91. The third kappa shape index (κ3) is 2.66. The predicted molar refractivity (Wildman–Crippen MR) is 70.7 cm³/mol. The van der Waals surface area contributed by atoms with Gasteiger partial charge in [0.25, 0.3) is 0 Å². The molecule has 106 valence electrons. The first-order chi connectivity index (χ1) is 9.74. The summed E-state index contributed by atoms with van der Waals surface area (Å²) in [7, 11) is 0. The average molecular weight is 278 g/mol. The summed E-state index contributed by atoms with van der Waals surface area (Å²) in [6.45, 7) is 0.362. The second-order valence-corrected chi connectivity index (χ2v) is 5.09. The molecule has 5 heteroatoms. The van der Waals surface area contributed by atoms with E-state index in [9.17, 15) is 8.78 Å². The summed E-state index contributed by atoms with van der Waals surface area (Å²) in [5.74, 6) is -1.02. The number of ether oxygens (including phenoxy) is 1. The van der Waals surface area contributed by atoms with Crippen LogP contribution in [0.5, 0.6) is 5.75 Å². The molecule has 0 saturated carbocycles. The van der Waals surface area contributed by atoms with Gasteiger partial charge in [-0.25, -0.2) is 13.8 Å². The molecular weight excluding hydrogens is 262 g/mol. The molecule has 1 aliphatic carbocycles. The van der Waals surface area contributed by atoms with Crippen LogP contribution in [0.2, 0.25) is 0 Å².